The van der Waals surface area contributed by atoms with Crippen LogP contribution >= 0.6 is 11.6 Å². The number of halogens is 1. The number of esters is 2. The first-order valence-corrected chi connectivity index (χ1v) is 6.49. The van der Waals surface area contributed by atoms with Crippen molar-refractivity contribution in [3.05, 3.63) is 11.6 Å². The Labute approximate surface area is 112 Å². The largest absolute Gasteiger partial charge is 0.468 e. The molecule has 1 aliphatic rings. The van der Waals surface area contributed by atoms with Crippen LogP contribution in [0.2, 0.25) is 0 Å². The van der Waals surface area contributed by atoms with Crippen molar-refractivity contribution >= 4 is 23.5 Å². The number of hydrogen-bond acceptors (Lipinski definition) is 4. The summed E-state index contributed by atoms with van der Waals surface area (Å²) in [5.74, 6) is -1.10. The first-order chi connectivity index (χ1) is 8.63. The molecule has 0 saturated heterocycles. The van der Waals surface area contributed by atoms with Gasteiger partial charge in [-0.3, -0.25) is 9.59 Å². The van der Waals surface area contributed by atoms with E-state index in [4.69, 9.17) is 21.1 Å². The highest BCUT2D eigenvalue weighted by Crippen LogP contribution is 2.44. The van der Waals surface area contributed by atoms with Gasteiger partial charge in [0, 0.05) is 5.54 Å². The molecule has 0 radical (unpaired) electrons. The van der Waals surface area contributed by atoms with E-state index in [0.717, 1.165) is 25.7 Å². The van der Waals surface area contributed by atoms with Gasteiger partial charge in [0.15, 0.2) is 5.41 Å². The molecule has 0 atom stereocenters. The van der Waals surface area contributed by atoms with Crippen molar-refractivity contribution in [3.8, 4) is 0 Å². The molecular formula is C13H19ClO4. The molecule has 0 aromatic rings. The highest BCUT2D eigenvalue weighted by atomic mass is 35.5. The number of carbonyl (C=O) groups is 2. The first kappa shape index (κ1) is 15.0. The topological polar surface area (TPSA) is 52.6 Å². The molecule has 102 valence electrons. The Bertz CT molecular complexity index is 316. The van der Waals surface area contributed by atoms with E-state index in [1.807, 2.05) is 0 Å². The molecule has 4 nitrogen and oxygen atoms in total. The van der Waals surface area contributed by atoms with Crippen LogP contribution in [0, 0.1) is 11.3 Å². The van der Waals surface area contributed by atoms with E-state index in [-0.39, 0.29) is 12.3 Å². The lowest BCUT2D eigenvalue weighted by Crippen LogP contribution is -2.46. The van der Waals surface area contributed by atoms with Crippen LogP contribution in [-0.2, 0) is 19.1 Å². The summed E-state index contributed by atoms with van der Waals surface area (Å²) in [5.41, 5.74) is 0.0704. The molecule has 1 saturated carbocycles. The summed E-state index contributed by atoms with van der Waals surface area (Å²) in [6, 6.07) is 0. The molecule has 1 fully saturated rings. The molecule has 0 unspecified atom stereocenters. The Morgan fingerprint density at radius 1 is 1.22 bits per heavy atom. The van der Waals surface area contributed by atoms with E-state index < -0.39 is 17.4 Å². The minimum absolute atomic E-state index is 0.0368. The van der Waals surface area contributed by atoms with Crippen LogP contribution < -0.4 is 0 Å². The van der Waals surface area contributed by atoms with Crippen LogP contribution in [-0.4, -0.2) is 26.2 Å². The number of rotatable bonds is 5. The molecule has 0 spiro atoms. The van der Waals surface area contributed by atoms with Gasteiger partial charge in [-0.1, -0.05) is 30.5 Å². The average molecular weight is 275 g/mol. The van der Waals surface area contributed by atoms with E-state index in [0.29, 0.717) is 0 Å². The first-order valence-electron chi connectivity index (χ1n) is 6.05. The molecule has 1 aliphatic carbocycles. The van der Waals surface area contributed by atoms with Gasteiger partial charge in [0.05, 0.1) is 14.2 Å². The Morgan fingerprint density at radius 2 is 1.72 bits per heavy atom. The second kappa shape index (κ2) is 6.78. The van der Waals surface area contributed by atoms with E-state index in [2.05, 4.69) is 0 Å². The summed E-state index contributed by atoms with van der Waals surface area (Å²) in [6.07, 6.45) is 5.53. The lowest BCUT2D eigenvalue weighted by molar-refractivity contribution is -0.173. The normalized spacial score (nSPS) is 17.1. The van der Waals surface area contributed by atoms with Crippen LogP contribution in [0.3, 0.4) is 0 Å². The Hall–Kier alpha value is -1.03. The van der Waals surface area contributed by atoms with Gasteiger partial charge in [-0.2, -0.15) is 0 Å². The van der Waals surface area contributed by atoms with E-state index in [1.54, 1.807) is 6.08 Å². The summed E-state index contributed by atoms with van der Waals surface area (Å²) in [7, 11) is 2.58. The zero-order valence-electron chi connectivity index (χ0n) is 10.8. The van der Waals surface area contributed by atoms with Crippen LogP contribution in [0.4, 0.5) is 0 Å². The third-order valence-corrected chi connectivity index (χ3v) is 3.86. The molecule has 0 aromatic carbocycles. The van der Waals surface area contributed by atoms with Crippen LogP contribution in [0.15, 0.2) is 11.6 Å². The fourth-order valence-corrected chi connectivity index (χ4v) is 2.85. The molecule has 0 amide bonds. The molecule has 18 heavy (non-hydrogen) atoms. The minimum Gasteiger partial charge on any atom is -0.468 e. The Morgan fingerprint density at radius 3 is 2.11 bits per heavy atom. The van der Waals surface area contributed by atoms with Gasteiger partial charge in [0.1, 0.15) is 0 Å². The summed E-state index contributed by atoms with van der Waals surface area (Å²) in [4.78, 5) is 24.3. The van der Waals surface area contributed by atoms with Crippen molar-refractivity contribution in [3.63, 3.8) is 0 Å². The summed E-state index contributed by atoms with van der Waals surface area (Å²) < 4.78 is 9.66. The van der Waals surface area contributed by atoms with Crippen LogP contribution in [0.25, 0.3) is 0 Å². The third kappa shape index (κ3) is 2.69. The second-order valence-corrected chi connectivity index (χ2v) is 4.75. The molecule has 5 heteroatoms. The molecule has 0 aromatic heterocycles. The zero-order chi connectivity index (χ0) is 13.6. The SMILES string of the molecule is COC(=O)C(C/C=C/Cl)(C(=O)OC)C1CCCC1. The maximum atomic E-state index is 12.1. The second-order valence-electron chi connectivity index (χ2n) is 4.50. The standard InChI is InChI=1S/C13H19ClO4/c1-17-11(15)13(8-5-9-14,12(16)18-2)10-6-3-4-7-10/h5,9-10H,3-4,6-8H2,1-2H3/b9-5+. The van der Waals surface area contributed by atoms with Crippen molar-refractivity contribution in [1.29, 1.82) is 0 Å². The van der Waals surface area contributed by atoms with Crippen LogP contribution in [0.1, 0.15) is 32.1 Å². The molecule has 0 N–H and O–H groups in total. The number of carbonyl (C=O) groups excluding carboxylic acids is 2. The van der Waals surface area contributed by atoms with Gasteiger partial charge < -0.3 is 9.47 Å². The fourth-order valence-electron chi connectivity index (χ4n) is 2.76. The third-order valence-electron chi connectivity index (χ3n) is 3.68. The minimum atomic E-state index is -1.24. The number of ether oxygens (including phenoxy) is 2. The van der Waals surface area contributed by atoms with E-state index in [9.17, 15) is 9.59 Å². The lowest BCUT2D eigenvalue weighted by Gasteiger charge is -2.32. The average Bonchev–Trinajstić information content (AvgIpc) is 2.93. The maximum Gasteiger partial charge on any atom is 0.323 e. The highest BCUT2D eigenvalue weighted by molar-refractivity contribution is 6.25. The summed E-state index contributed by atoms with van der Waals surface area (Å²) >= 11 is 5.53. The number of methoxy groups -OCH3 is 2. The maximum absolute atomic E-state index is 12.1. The van der Waals surface area contributed by atoms with Gasteiger partial charge >= 0.3 is 11.9 Å². The number of hydrogen-bond donors (Lipinski definition) is 0. The molecule has 0 aliphatic heterocycles. The fraction of sp³-hybridized carbons (Fsp3) is 0.692. The summed E-state index contributed by atoms with van der Waals surface area (Å²) in [5, 5.41) is 0. The Balaban J connectivity index is 3.14. The van der Waals surface area contributed by atoms with E-state index >= 15 is 0 Å². The van der Waals surface area contributed by atoms with Crippen molar-refractivity contribution in [2.24, 2.45) is 11.3 Å². The predicted molar refractivity (Wildman–Crippen MR) is 68.0 cm³/mol. The van der Waals surface area contributed by atoms with Crippen molar-refractivity contribution < 1.29 is 19.1 Å². The van der Waals surface area contributed by atoms with Crippen molar-refractivity contribution in [2.75, 3.05) is 14.2 Å². The van der Waals surface area contributed by atoms with Gasteiger partial charge in [-0.05, 0) is 25.2 Å². The van der Waals surface area contributed by atoms with Gasteiger partial charge in [0.2, 0.25) is 0 Å². The highest BCUT2D eigenvalue weighted by Gasteiger charge is 2.54. The van der Waals surface area contributed by atoms with Gasteiger partial charge in [-0.25, -0.2) is 0 Å². The molecule has 0 heterocycles. The van der Waals surface area contributed by atoms with E-state index in [1.165, 1.54) is 19.8 Å². The molecular weight excluding hydrogens is 256 g/mol. The Kier molecular flexibility index (Phi) is 5.66. The lowest BCUT2D eigenvalue weighted by atomic mass is 9.71. The molecule has 1 rings (SSSR count). The quantitative estimate of drug-likeness (QED) is 0.571. The predicted octanol–water partition coefficient (Wildman–Crippen LogP) is 2.65. The van der Waals surface area contributed by atoms with Crippen molar-refractivity contribution in [2.45, 2.75) is 32.1 Å². The zero-order valence-corrected chi connectivity index (χ0v) is 11.5. The number of allylic oxidation sites excluding steroid dienone is 1. The molecule has 0 bridgehead atoms. The van der Waals surface area contributed by atoms with Gasteiger partial charge in [0.25, 0.3) is 0 Å². The van der Waals surface area contributed by atoms with Crippen LogP contribution in [0.5, 0.6) is 0 Å². The van der Waals surface area contributed by atoms with Gasteiger partial charge in [-0.15, -0.1) is 0 Å². The summed E-state index contributed by atoms with van der Waals surface area (Å²) in [6.45, 7) is 0. The van der Waals surface area contributed by atoms with Crippen molar-refractivity contribution in [1.82, 2.24) is 0 Å². The monoisotopic (exact) mass is 274 g/mol. The smallest absolute Gasteiger partial charge is 0.323 e.